The van der Waals surface area contributed by atoms with Crippen LogP contribution in [0.5, 0.6) is 11.5 Å². The SMILES string of the molecule is O=C(Cn1cncn1)N[C@H]1CC[C@H](Oc2ccc3c(c2)CCC(c2ccccc2)O3)CC1. The molecule has 2 aliphatic rings. The summed E-state index contributed by atoms with van der Waals surface area (Å²) in [7, 11) is 0. The molecule has 1 aliphatic heterocycles. The third kappa shape index (κ3) is 4.93. The Morgan fingerprint density at radius 1 is 1.09 bits per heavy atom. The van der Waals surface area contributed by atoms with Gasteiger partial charge in [-0.15, -0.1) is 0 Å². The van der Waals surface area contributed by atoms with Gasteiger partial charge >= 0.3 is 0 Å². The number of carbonyl (C=O) groups is 1. The number of aryl methyl sites for hydroxylation is 1. The van der Waals surface area contributed by atoms with Crippen LogP contribution in [-0.2, 0) is 17.8 Å². The van der Waals surface area contributed by atoms with Crippen LogP contribution in [0.2, 0.25) is 0 Å². The van der Waals surface area contributed by atoms with Gasteiger partial charge in [-0.25, -0.2) is 9.67 Å². The molecule has 1 atom stereocenters. The molecule has 1 saturated carbocycles. The van der Waals surface area contributed by atoms with Crippen LogP contribution in [0.25, 0.3) is 0 Å². The number of hydrogen-bond donors (Lipinski definition) is 1. The molecule has 0 bridgehead atoms. The van der Waals surface area contributed by atoms with Crippen molar-refractivity contribution in [1.29, 1.82) is 0 Å². The third-order valence-corrected chi connectivity index (χ3v) is 6.26. The number of carbonyl (C=O) groups excluding carboxylic acids is 1. The molecule has 2 heterocycles. The summed E-state index contributed by atoms with van der Waals surface area (Å²) in [6.07, 6.45) is 8.93. The Morgan fingerprint density at radius 2 is 1.94 bits per heavy atom. The quantitative estimate of drug-likeness (QED) is 0.640. The lowest BCUT2D eigenvalue weighted by atomic mass is 9.92. The van der Waals surface area contributed by atoms with Crippen molar-refractivity contribution < 1.29 is 14.3 Å². The standard InChI is InChI=1S/C25H28N4O3/c30-25(15-29-17-26-16-27-29)28-20-7-9-21(10-8-20)31-22-11-13-24-19(14-22)6-12-23(32-24)18-4-2-1-3-5-18/h1-5,11,13-14,16-17,20-21,23H,6-10,12,15H2,(H,28,30)/t20-,21-,23?. The second kappa shape index (κ2) is 9.42. The van der Waals surface area contributed by atoms with Crippen LogP contribution in [0.4, 0.5) is 0 Å². The topological polar surface area (TPSA) is 78.3 Å². The van der Waals surface area contributed by atoms with Crippen LogP contribution in [0.3, 0.4) is 0 Å². The minimum absolute atomic E-state index is 0.0247. The number of fused-ring (bicyclic) bond motifs is 1. The molecule has 32 heavy (non-hydrogen) atoms. The van der Waals surface area contributed by atoms with Gasteiger partial charge in [-0.2, -0.15) is 5.10 Å². The van der Waals surface area contributed by atoms with Crippen molar-refractivity contribution in [3.05, 3.63) is 72.3 Å². The van der Waals surface area contributed by atoms with Crippen LogP contribution < -0.4 is 14.8 Å². The fourth-order valence-corrected chi connectivity index (χ4v) is 4.59. The Morgan fingerprint density at radius 3 is 2.72 bits per heavy atom. The van der Waals surface area contributed by atoms with Crippen molar-refractivity contribution in [2.45, 2.75) is 63.3 Å². The molecule has 1 aliphatic carbocycles. The highest BCUT2D eigenvalue weighted by Gasteiger charge is 2.25. The van der Waals surface area contributed by atoms with E-state index in [1.807, 2.05) is 18.2 Å². The maximum atomic E-state index is 12.2. The fraction of sp³-hybridized carbons (Fsp3) is 0.400. The van der Waals surface area contributed by atoms with Gasteiger partial charge in [0.15, 0.2) is 0 Å². The van der Waals surface area contributed by atoms with Gasteiger partial charge in [-0.1, -0.05) is 30.3 Å². The van der Waals surface area contributed by atoms with Crippen molar-refractivity contribution >= 4 is 5.91 Å². The molecule has 1 unspecified atom stereocenters. The number of hydrogen-bond acceptors (Lipinski definition) is 5. The van der Waals surface area contributed by atoms with Crippen molar-refractivity contribution in [2.75, 3.05) is 0 Å². The van der Waals surface area contributed by atoms with Crippen molar-refractivity contribution in [1.82, 2.24) is 20.1 Å². The number of aromatic nitrogens is 3. The monoisotopic (exact) mass is 432 g/mol. The van der Waals surface area contributed by atoms with E-state index in [4.69, 9.17) is 9.47 Å². The predicted molar refractivity (Wildman–Crippen MR) is 119 cm³/mol. The minimum atomic E-state index is -0.0247. The summed E-state index contributed by atoms with van der Waals surface area (Å²) in [6.45, 7) is 0.207. The summed E-state index contributed by atoms with van der Waals surface area (Å²) in [6, 6.07) is 16.8. The molecule has 7 heteroatoms. The zero-order valence-electron chi connectivity index (χ0n) is 18.0. The molecule has 0 radical (unpaired) electrons. The first kappa shape index (κ1) is 20.5. The molecule has 0 saturated heterocycles. The lowest BCUT2D eigenvalue weighted by Gasteiger charge is -2.30. The molecular formula is C25H28N4O3. The Kier molecular flexibility index (Phi) is 6.05. The second-order valence-electron chi connectivity index (χ2n) is 8.58. The first-order chi connectivity index (χ1) is 15.7. The van der Waals surface area contributed by atoms with Gasteiger partial charge in [0.25, 0.3) is 0 Å². The van der Waals surface area contributed by atoms with E-state index in [0.717, 1.165) is 50.0 Å². The zero-order chi connectivity index (χ0) is 21.8. The van der Waals surface area contributed by atoms with Gasteiger partial charge in [0.2, 0.25) is 5.91 Å². The summed E-state index contributed by atoms with van der Waals surface area (Å²) in [5.74, 6) is 1.84. The maximum absolute atomic E-state index is 12.2. The highest BCUT2D eigenvalue weighted by atomic mass is 16.5. The molecule has 166 valence electrons. The molecule has 0 spiro atoms. The van der Waals surface area contributed by atoms with Gasteiger partial charge < -0.3 is 14.8 Å². The summed E-state index contributed by atoms with van der Waals surface area (Å²) >= 11 is 0. The normalized spacial score (nSPS) is 22.4. The minimum Gasteiger partial charge on any atom is -0.490 e. The average molecular weight is 433 g/mol. The van der Waals surface area contributed by atoms with Gasteiger partial charge in [-0.05, 0) is 67.9 Å². The lowest BCUT2D eigenvalue weighted by molar-refractivity contribution is -0.122. The number of rotatable bonds is 6. The van der Waals surface area contributed by atoms with Gasteiger partial charge in [0.1, 0.15) is 36.8 Å². The van der Waals surface area contributed by atoms with Crippen LogP contribution in [-0.4, -0.2) is 32.8 Å². The third-order valence-electron chi connectivity index (χ3n) is 6.26. The van der Waals surface area contributed by atoms with E-state index in [0.29, 0.717) is 0 Å². The number of nitrogens with one attached hydrogen (secondary N) is 1. The van der Waals surface area contributed by atoms with Crippen LogP contribution in [0, 0.1) is 0 Å². The number of benzene rings is 2. The molecule has 1 N–H and O–H groups in total. The molecule has 3 aromatic rings. The summed E-state index contributed by atoms with van der Waals surface area (Å²) < 4.78 is 14.1. The highest BCUT2D eigenvalue weighted by Crippen LogP contribution is 2.37. The van der Waals surface area contributed by atoms with Crippen molar-refractivity contribution in [3.8, 4) is 11.5 Å². The van der Waals surface area contributed by atoms with Crippen LogP contribution in [0.15, 0.2) is 61.2 Å². The van der Waals surface area contributed by atoms with E-state index >= 15 is 0 Å². The maximum Gasteiger partial charge on any atom is 0.242 e. The largest absolute Gasteiger partial charge is 0.490 e. The predicted octanol–water partition coefficient (Wildman–Crippen LogP) is 3.85. The number of nitrogens with zero attached hydrogens (tertiary/aromatic N) is 3. The first-order valence-corrected chi connectivity index (χ1v) is 11.4. The first-order valence-electron chi connectivity index (χ1n) is 11.4. The van der Waals surface area contributed by atoms with Gasteiger partial charge in [0, 0.05) is 6.04 Å². The molecule has 1 amide bonds. The molecule has 1 aromatic heterocycles. The summed E-state index contributed by atoms with van der Waals surface area (Å²) in [5.41, 5.74) is 2.44. The average Bonchev–Trinajstić information content (AvgIpc) is 3.33. The Balaban J connectivity index is 1.11. The number of ether oxygens (including phenoxy) is 2. The van der Waals surface area contributed by atoms with Crippen molar-refractivity contribution in [2.24, 2.45) is 0 Å². The van der Waals surface area contributed by atoms with Gasteiger partial charge in [0.05, 0.1) is 6.10 Å². The zero-order valence-corrected chi connectivity index (χ0v) is 18.0. The van der Waals surface area contributed by atoms with Crippen LogP contribution in [0.1, 0.15) is 49.3 Å². The second-order valence-corrected chi connectivity index (χ2v) is 8.58. The molecule has 5 rings (SSSR count). The summed E-state index contributed by atoms with van der Waals surface area (Å²) in [5, 5.41) is 7.07. The van der Waals surface area contributed by atoms with E-state index in [1.54, 1.807) is 6.33 Å². The van der Waals surface area contributed by atoms with Crippen molar-refractivity contribution in [3.63, 3.8) is 0 Å². The molecule has 1 fully saturated rings. The highest BCUT2D eigenvalue weighted by molar-refractivity contribution is 5.75. The van der Waals surface area contributed by atoms with Crippen LogP contribution >= 0.6 is 0 Å². The molecule has 2 aromatic carbocycles. The Bertz CT molecular complexity index is 1030. The van der Waals surface area contributed by atoms with Gasteiger partial charge in [-0.3, -0.25) is 4.79 Å². The van der Waals surface area contributed by atoms with E-state index in [-0.39, 0.29) is 30.7 Å². The molecular weight excluding hydrogens is 404 g/mol. The van der Waals surface area contributed by atoms with E-state index < -0.39 is 0 Å². The van der Waals surface area contributed by atoms with E-state index in [2.05, 4.69) is 45.7 Å². The summed E-state index contributed by atoms with van der Waals surface area (Å²) in [4.78, 5) is 16.0. The fourth-order valence-electron chi connectivity index (χ4n) is 4.59. The Hall–Kier alpha value is -3.35. The van der Waals surface area contributed by atoms with E-state index in [1.165, 1.54) is 22.1 Å². The lowest BCUT2D eigenvalue weighted by Crippen LogP contribution is -2.41. The number of amides is 1. The smallest absolute Gasteiger partial charge is 0.242 e. The molecule has 7 nitrogen and oxygen atoms in total. The Labute approximate surface area is 187 Å². The van der Waals surface area contributed by atoms with E-state index in [9.17, 15) is 4.79 Å².